The minimum atomic E-state index is -0.00378. The highest BCUT2D eigenvalue weighted by Gasteiger charge is 2.21. The van der Waals surface area contributed by atoms with E-state index in [1.54, 1.807) is 6.33 Å². The second-order valence-corrected chi connectivity index (χ2v) is 5.55. The highest BCUT2D eigenvalue weighted by molar-refractivity contribution is 6.17. The number of alkyl halides is 1. The monoisotopic (exact) mass is 304 g/mol. The first-order valence-corrected chi connectivity index (χ1v) is 7.38. The van der Waals surface area contributed by atoms with Crippen LogP contribution in [0.5, 0.6) is 0 Å². The van der Waals surface area contributed by atoms with Crippen LogP contribution in [-0.4, -0.2) is 35.2 Å². The van der Waals surface area contributed by atoms with Crippen LogP contribution in [0.2, 0.25) is 0 Å². The summed E-state index contributed by atoms with van der Waals surface area (Å²) in [5.74, 6) is 2.31. The molecule has 1 unspecified atom stereocenters. The molecule has 0 aliphatic rings. The van der Waals surface area contributed by atoms with Crippen molar-refractivity contribution in [2.75, 3.05) is 5.88 Å². The number of nitrogens with zero attached hydrogens (tertiary/aromatic N) is 6. The van der Waals surface area contributed by atoms with Crippen molar-refractivity contribution in [2.24, 2.45) is 7.05 Å². The zero-order valence-corrected chi connectivity index (χ0v) is 13.0. The summed E-state index contributed by atoms with van der Waals surface area (Å²) in [6, 6.07) is 2.04. The van der Waals surface area contributed by atoms with Crippen molar-refractivity contribution in [3.8, 4) is 0 Å². The van der Waals surface area contributed by atoms with Crippen molar-refractivity contribution in [1.29, 1.82) is 0 Å². The third-order valence-corrected chi connectivity index (χ3v) is 3.75. The van der Waals surface area contributed by atoms with Gasteiger partial charge in [-0.15, -0.1) is 21.8 Å². The van der Waals surface area contributed by atoms with Gasteiger partial charge >= 0.3 is 0 Å². The zero-order chi connectivity index (χ0) is 15.0. The predicted molar refractivity (Wildman–Crippen MR) is 81.5 cm³/mol. The Bertz CT molecular complexity index is 775. The van der Waals surface area contributed by atoms with E-state index in [-0.39, 0.29) is 6.04 Å². The predicted octanol–water partition coefficient (Wildman–Crippen LogP) is 2.26. The molecule has 3 aromatic heterocycles. The van der Waals surface area contributed by atoms with Gasteiger partial charge in [0.2, 0.25) is 0 Å². The van der Waals surface area contributed by atoms with Crippen molar-refractivity contribution in [1.82, 2.24) is 29.3 Å². The van der Waals surface area contributed by atoms with E-state index >= 15 is 0 Å². The number of fused-ring (bicyclic) bond motifs is 1. The van der Waals surface area contributed by atoms with Gasteiger partial charge in [0.25, 0.3) is 0 Å². The molecule has 0 aliphatic heterocycles. The molecule has 0 spiro atoms. The molecule has 0 aromatic carbocycles. The normalized spacial score (nSPS) is 13.0. The van der Waals surface area contributed by atoms with E-state index < -0.39 is 0 Å². The molecule has 0 radical (unpaired) electrons. The first kappa shape index (κ1) is 14.0. The molecular formula is C14H17ClN6. The van der Waals surface area contributed by atoms with Gasteiger partial charge in [0, 0.05) is 25.5 Å². The second-order valence-electron chi connectivity index (χ2n) is 5.17. The summed E-state index contributed by atoms with van der Waals surface area (Å²) in [6.45, 7) is 4.09. The van der Waals surface area contributed by atoms with E-state index in [4.69, 9.17) is 11.6 Å². The van der Waals surface area contributed by atoms with Crippen LogP contribution < -0.4 is 0 Å². The minimum absolute atomic E-state index is 0.00378. The van der Waals surface area contributed by atoms with E-state index in [0.717, 1.165) is 28.4 Å². The summed E-state index contributed by atoms with van der Waals surface area (Å²) in [5, 5.41) is 8.16. The molecule has 0 amide bonds. The molecule has 7 heteroatoms. The molecule has 0 fully saturated rings. The van der Waals surface area contributed by atoms with Crippen LogP contribution in [0.3, 0.4) is 0 Å². The second kappa shape index (κ2) is 5.44. The Morgan fingerprint density at radius 2 is 2.19 bits per heavy atom. The maximum Gasteiger partial charge on any atom is 0.160 e. The molecule has 0 bridgehead atoms. The average Bonchev–Trinajstić information content (AvgIpc) is 3.01. The van der Waals surface area contributed by atoms with Crippen LogP contribution >= 0.6 is 11.6 Å². The number of hydrogen-bond acceptors (Lipinski definition) is 4. The van der Waals surface area contributed by atoms with Gasteiger partial charge in [-0.2, -0.15) is 0 Å². The summed E-state index contributed by atoms with van der Waals surface area (Å²) >= 11 is 5.92. The molecule has 0 aliphatic carbocycles. The number of hydrogen-bond donors (Lipinski definition) is 0. The molecule has 3 heterocycles. The van der Waals surface area contributed by atoms with Crippen LogP contribution in [0.15, 0.2) is 18.6 Å². The Labute approximate surface area is 127 Å². The van der Waals surface area contributed by atoms with Crippen molar-refractivity contribution < 1.29 is 0 Å². The number of rotatable bonds is 4. The van der Waals surface area contributed by atoms with Crippen molar-refractivity contribution in [3.63, 3.8) is 0 Å². The lowest BCUT2D eigenvalue weighted by Crippen LogP contribution is -2.15. The van der Waals surface area contributed by atoms with Gasteiger partial charge in [-0.3, -0.25) is 0 Å². The number of aromatic nitrogens is 6. The van der Waals surface area contributed by atoms with E-state index in [1.807, 2.05) is 30.8 Å². The van der Waals surface area contributed by atoms with Crippen LogP contribution in [0.25, 0.3) is 11.2 Å². The molecule has 0 saturated heterocycles. The van der Waals surface area contributed by atoms with Gasteiger partial charge in [0.15, 0.2) is 11.5 Å². The lowest BCUT2D eigenvalue weighted by Gasteiger charge is -2.16. The number of aryl methyl sites for hydroxylation is 3. The molecule has 1 atom stereocenters. The summed E-state index contributed by atoms with van der Waals surface area (Å²) in [7, 11) is 1.93. The average molecular weight is 305 g/mol. The fourth-order valence-corrected chi connectivity index (χ4v) is 2.75. The fourth-order valence-electron chi connectivity index (χ4n) is 2.58. The van der Waals surface area contributed by atoms with Gasteiger partial charge < -0.3 is 9.13 Å². The third-order valence-electron chi connectivity index (χ3n) is 3.57. The van der Waals surface area contributed by atoms with Crippen molar-refractivity contribution >= 4 is 22.8 Å². The topological polar surface area (TPSA) is 61.4 Å². The van der Waals surface area contributed by atoms with Crippen LogP contribution in [0.4, 0.5) is 0 Å². The van der Waals surface area contributed by atoms with E-state index in [0.29, 0.717) is 12.3 Å². The quantitative estimate of drug-likeness (QED) is 0.694. The van der Waals surface area contributed by atoms with Gasteiger partial charge in [-0.25, -0.2) is 9.97 Å². The van der Waals surface area contributed by atoms with Crippen LogP contribution in [0.1, 0.15) is 30.2 Å². The zero-order valence-electron chi connectivity index (χ0n) is 12.3. The lowest BCUT2D eigenvalue weighted by molar-refractivity contribution is 0.562. The smallest absolute Gasteiger partial charge is 0.160 e. The van der Waals surface area contributed by atoms with Gasteiger partial charge in [-0.05, 0) is 25.5 Å². The number of halogens is 1. The number of pyridine rings is 1. The Morgan fingerprint density at radius 1 is 1.38 bits per heavy atom. The molecule has 0 N–H and O–H groups in total. The maximum atomic E-state index is 5.92. The Hall–Kier alpha value is -1.95. The van der Waals surface area contributed by atoms with Crippen molar-refractivity contribution in [3.05, 3.63) is 35.8 Å². The molecule has 3 rings (SSSR count). The SMILES string of the molecule is Cc1cnc2c(c1)nc(CCCl)n2C(C)c1nncn1C. The fraction of sp³-hybridized carbons (Fsp3) is 0.429. The van der Waals surface area contributed by atoms with Crippen molar-refractivity contribution in [2.45, 2.75) is 26.3 Å². The third kappa shape index (κ3) is 2.40. The number of imidazole rings is 1. The van der Waals surface area contributed by atoms with Gasteiger partial charge in [0.05, 0.1) is 6.04 Å². The maximum absolute atomic E-state index is 5.92. The first-order valence-electron chi connectivity index (χ1n) is 6.85. The lowest BCUT2D eigenvalue weighted by atomic mass is 10.2. The summed E-state index contributed by atoms with van der Waals surface area (Å²) in [5.41, 5.74) is 2.84. The largest absolute Gasteiger partial charge is 0.319 e. The highest BCUT2D eigenvalue weighted by atomic mass is 35.5. The Kier molecular flexibility index (Phi) is 3.63. The van der Waals surface area contributed by atoms with Gasteiger partial charge in [0.1, 0.15) is 17.7 Å². The summed E-state index contributed by atoms with van der Waals surface area (Å²) in [6.07, 6.45) is 4.25. The molecule has 6 nitrogen and oxygen atoms in total. The van der Waals surface area contributed by atoms with Crippen LogP contribution in [0, 0.1) is 6.92 Å². The van der Waals surface area contributed by atoms with E-state index in [9.17, 15) is 0 Å². The summed E-state index contributed by atoms with van der Waals surface area (Å²) in [4.78, 5) is 9.23. The molecular weight excluding hydrogens is 288 g/mol. The van der Waals surface area contributed by atoms with Crippen LogP contribution in [-0.2, 0) is 13.5 Å². The van der Waals surface area contributed by atoms with E-state index in [1.165, 1.54) is 0 Å². The summed E-state index contributed by atoms with van der Waals surface area (Å²) < 4.78 is 4.01. The Balaban J connectivity index is 2.19. The molecule has 21 heavy (non-hydrogen) atoms. The first-order chi connectivity index (χ1) is 10.1. The molecule has 0 saturated carbocycles. The minimum Gasteiger partial charge on any atom is -0.319 e. The molecule has 110 valence electrons. The highest BCUT2D eigenvalue weighted by Crippen LogP contribution is 2.24. The van der Waals surface area contributed by atoms with Gasteiger partial charge in [-0.1, -0.05) is 0 Å². The molecule has 3 aromatic rings. The van der Waals surface area contributed by atoms with E-state index in [2.05, 4.69) is 31.7 Å². The Morgan fingerprint density at radius 3 is 2.86 bits per heavy atom. The standard InChI is InChI=1S/C14H17ClN6/c1-9-6-11-14(16-7-9)21(12(18-11)4-5-15)10(2)13-19-17-8-20(13)3/h6-8,10H,4-5H2,1-3H3.